The van der Waals surface area contributed by atoms with Gasteiger partial charge >= 0.3 is 0 Å². The zero-order valence-corrected chi connectivity index (χ0v) is 15.5. The summed E-state index contributed by atoms with van der Waals surface area (Å²) >= 11 is 12.1. The normalized spacial score (nSPS) is 25.3. The largest absolute Gasteiger partial charge is 0.493 e. The number of methoxy groups -OCH3 is 1. The van der Waals surface area contributed by atoms with Crippen LogP contribution in [0.3, 0.4) is 0 Å². The van der Waals surface area contributed by atoms with Gasteiger partial charge in [0.05, 0.1) is 18.6 Å². The average Bonchev–Trinajstić information content (AvgIpc) is 2.92. The Kier molecular flexibility index (Phi) is 4.89. The zero-order chi connectivity index (χ0) is 17.4. The van der Waals surface area contributed by atoms with Crippen molar-refractivity contribution in [2.75, 3.05) is 7.11 Å². The van der Waals surface area contributed by atoms with Gasteiger partial charge in [0.25, 0.3) is 0 Å². The fourth-order valence-corrected chi connectivity index (χ4v) is 3.83. The first kappa shape index (κ1) is 17.7. The number of hydrogen-bond acceptors (Lipinski definition) is 3. The first-order valence-corrected chi connectivity index (χ1v) is 9.11. The van der Waals surface area contributed by atoms with E-state index in [0.29, 0.717) is 18.7 Å². The summed E-state index contributed by atoms with van der Waals surface area (Å²) in [6.07, 6.45) is 5.39. The van der Waals surface area contributed by atoms with Crippen LogP contribution in [0.25, 0.3) is 0 Å². The van der Waals surface area contributed by atoms with Crippen LogP contribution >= 0.6 is 23.2 Å². The number of amides is 1. The second-order valence-corrected chi connectivity index (χ2v) is 8.39. The molecule has 24 heavy (non-hydrogen) atoms. The Morgan fingerprint density at radius 2 is 1.96 bits per heavy atom. The van der Waals surface area contributed by atoms with Crippen molar-refractivity contribution in [2.24, 2.45) is 5.41 Å². The van der Waals surface area contributed by atoms with Gasteiger partial charge in [-0.1, -0.05) is 6.07 Å². The lowest BCUT2D eigenvalue weighted by Gasteiger charge is -2.17. The summed E-state index contributed by atoms with van der Waals surface area (Å²) in [6, 6.07) is 5.75. The number of carbonyl (C=O) groups is 1. The molecule has 0 bridgehead atoms. The third-order valence-corrected chi connectivity index (χ3v) is 6.14. The molecule has 0 unspecified atom stereocenters. The molecule has 4 nitrogen and oxygen atoms in total. The quantitative estimate of drug-likeness (QED) is 0.761. The van der Waals surface area contributed by atoms with Crippen LogP contribution in [0.2, 0.25) is 0 Å². The number of rotatable bonds is 6. The SMILES string of the molecule is COc1cc(CNC(=O)[C@@]2(C)CC2(Cl)Cl)ccc1OC1CCCC1. The molecule has 1 atom stereocenters. The van der Waals surface area contributed by atoms with Gasteiger partial charge in [-0.05, 0) is 56.7 Å². The number of alkyl halides is 2. The molecule has 1 aromatic carbocycles. The average molecular weight is 372 g/mol. The predicted molar refractivity (Wildman–Crippen MR) is 94.9 cm³/mol. The topological polar surface area (TPSA) is 47.6 Å². The Morgan fingerprint density at radius 1 is 1.29 bits per heavy atom. The predicted octanol–water partition coefficient (Wildman–Crippen LogP) is 4.22. The molecule has 2 saturated carbocycles. The number of hydrogen-bond donors (Lipinski definition) is 1. The molecular weight excluding hydrogens is 349 g/mol. The number of benzene rings is 1. The van der Waals surface area contributed by atoms with Crippen molar-refractivity contribution >= 4 is 29.1 Å². The molecule has 0 aromatic heterocycles. The van der Waals surface area contributed by atoms with Gasteiger partial charge in [0.15, 0.2) is 11.5 Å². The summed E-state index contributed by atoms with van der Waals surface area (Å²) in [5.41, 5.74) is 0.240. The molecule has 1 aromatic rings. The van der Waals surface area contributed by atoms with Crippen molar-refractivity contribution in [3.63, 3.8) is 0 Å². The summed E-state index contributed by atoms with van der Waals surface area (Å²) < 4.78 is 10.5. The van der Waals surface area contributed by atoms with E-state index in [1.165, 1.54) is 12.8 Å². The molecule has 1 amide bonds. The van der Waals surface area contributed by atoms with E-state index in [0.717, 1.165) is 24.2 Å². The van der Waals surface area contributed by atoms with E-state index in [-0.39, 0.29) is 12.0 Å². The maximum absolute atomic E-state index is 12.2. The van der Waals surface area contributed by atoms with E-state index in [2.05, 4.69) is 5.32 Å². The number of halogens is 2. The van der Waals surface area contributed by atoms with Crippen LogP contribution < -0.4 is 14.8 Å². The van der Waals surface area contributed by atoms with Gasteiger partial charge in [0.1, 0.15) is 4.33 Å². The Hall–Kier alpha value is -1.13. The Morgan fingerprint density at radius 3 is 2.54 bits per heavy atom. The van der Waals surface area contributed by atoms with Crippen LogP contribution in [0, 0.1) is 5.41 Å². The van der Waals surface area contributed by atoms with Crippen LogP contribution in [0.1, 0.15) is 44.6 Å². The maximum Gasteiger partial charge on any atom is 0.229 e. The van der Waals surface area contributed by atoms with Crippen LogP contribution in [-0.4, -0.2) is 23.5 Å². The molecule has 2 aliphatic rings. The Bertz CT molecular complexity index is 629. The first-order valence-electron chi connectivity index (χ1n) is 8.35. The molecular formula is C18H23Cl2NO3. The number of nitrogens with one attached hydrogen (secondary N) is 1. The fourth-order valence-electron chi connectivity index (χ4n) is 3.13. The van der Waals surface area contributed by atoms with E-state index in [4.69, 9.17) is 32.7 Å². The van der Waals surface area contributed by atoms with Crippen LogP contribution in [0.4, 0.5) is 0 Å². The minimum Gasteiger partial charge on any atom is -0.493 e. The van der Waals surface area contributed by atoms with Crippen molar-refractivity contribution in [3.05, 3.63) is 23.8 Å². The van der Waals surface area contributed by atoms with E-state index in [1.807, 2.05) is 18.2 Å². The summed E-state index contributed by atoms with van der Waals surface area (Å²) in [7, 11) is 1.62. The molecule has 0 aliphatic heterocycles. The lowest BCUT2D eigenvalue weighted by molar-refractivity contribution is -0.125. The van der Waals surface area contributed by atoms with Crippen LogP contribution in [-0.2, 0) is 11.3 Å². The van der Waals surface area contributed by atoms with Gasteiger partial charge < -0.3 is 14.8 Å². The highest BCUT2D eigenvalue weighted by molar-refractivity contribution is 6.53. The monoisotopic (exact) mass is 371 g/mol. The molecule has 132 valence electrons. The molecule has 0 spiro atoms. The number of ether oxygens (including phenoxy) is 2. The lowest BCUT2D eigenvalue weighted by Crippen LogP contribution is -2.32. The molecule has 0 radical (unpaired) electrons. The second kappa shape index (κ2) is 6.64. The molecule has 6 heteroatoms. The summed E-state index contributed by atoms with van der Waals surface area (Å²) in [5.74, 6) is 1.32. The van der Waals surface area contributed by atoms with Gasteiger partial charge in [0.2, 0.25) is 5.91 Å². The lowest BCUT2D eigenvalue weighted by atomic mass is 10.1. The first-order chi connectivity index (χ1) is 11.4. The Labute approximate surface area is 152 Å². The third kappa shape index (κ3) is 3.45. The molecule has 2 aliphatic carbocycles. The van der Waals surface area contributed by atoms with Crippen LogP contribution in [0.5, 0.6) is 11.5 Å². The maximum atomic E-state index is 12.2. The Balaban J connectivity index is 1.61. The molecule has 3 rings (SSSR count). The third-order valence-electron chi connectivity index (χ3n) is 5.04. The molecule has 0 saturated heterocycles. The van der Waals surface area contributed by atoms with Gasteiger partial charge in [-0.2, -0.15) is 0 Å². The zero-order valence-electron chi connectivity index (χ0n) is 14.0. The highest BCUT2D eigenvalue weighted by Gasteiger charge is 2.67. The van der Waals surface area contributed by atoms with Gasteiger partial charge in [-0.15, -0.1) is 23.2 Å². The highest BCUT2D eigenvalue weighted by Crippen LogP contribution is 2.63. The van der Waals surface area contributed by atoms with Gasteiger partial charge in [-0.3, -0.25) is 4.79 Å². The van der Waals surface area contributed by atoms with E-state index in [1.54, 1.807) is 14.0 Å². The van der Waals surface area contributed by atoms with Crippen molar-refractivity contribution in [2.45, 2.75) is 56.0 Å². The number of carbonyl (C=O) groups excluding carboxylic acids is 1. The minimum absolute atomic E-state index is 0.127. The van der Waals surface area contributed by atoms with Gasteiger partial charge in [-0.25, -0.2) is 0 Å². The summed E-state index contributed by atoms with van der Waals surface area (Å²) in [6.45, 7) is 2.18. The van der Waals surface area contributed by atoms with Gasteiger partial charge in [0, 0.05) is 6.54 Å². The van der Waals surface area contributed by atoms with Crippen molar-refractivity contribution in [1.82, 2.24) is 5.32 Å². The van der Waals surface area contributed by atoms with E-state index >= 15 is 0 Å². The summed E-state index contributed by atoms with van der Waals surface area (Å²) in [4.78, 5) is 12.2. The van der Waals surface area contributed by atoms with E-state index in [9.17, 15) is 4.79 Å². The fraction of sp³-hybridized carbons (Fsp3) is 0.611. The van der Waals surface area contributed by atoms with Crippen molar-refractivity contribution in [1.29, 1.82) is 0 Å². The minimum atomic E-state index is -0.951. The highest BCUT2D eigenvalue weighted by atomic mass is 35.5. The van der Waals surface area contributed by atoms with Crippen molar-refractivity contribution < 1.29 is 14.3 Å². The van der Waals surface area contributed by atoms with Crippen LogP contribution in [0.15, 0.2) is 18.2 Å². The second-order valence-electron chi connectivity index (χ2n) is 6.91. The standard InChI is InChI=1S/C18H23Cl2NO3/c1-17(11-18(17,19)20)16(22)21-10-12-7-8-14(15(9-12)23-2)24-13-5-3-4-6-13/h7-9,13H,3-6,10-11H2,1-2H3,(H,21,22)/t17-/m1/s1. The summed E-state index contributed by atoms with van der Waals surface area (Å²) in [5, 5.41) is 2.90. The molecule has 2 fully saturated rings. The smallest absolute Gasteiger partial charge is 0.229 e. The molecule has 1 N–H and O–H groups in total. The van der Waals surface area contributed by atoms with E-state index < -0.39 is 9.75 Å². The van der Waals surface area contributed by atoms with Crippen molar-refractivity contribution in [3.8, 4) is 11.5 Å². The molecule has 0 heterocycles.